The lowest BCUT2D eigenvalue weighted by molar-refractivity contribution is 0.206. The fourth-order valence-electron chi connectivity index (χ4n) is 2.34. The van der Waals surface area contributed by atoms with E-state index >= 15 is 0 Å². The number of aromatic amines is 1. The van der Waals surface area contributed by atoms with Crippen molar-refractivity contribution in [3.63, 3.8) is 0 Å². The number of likely N-dealkylation sites (tertiary alicyclic amines) is 1. The predicted octanol–water partition coefficient (Wildman–Crippen LogP) is 0.681. The zero-order chi connectivity index (χ0) is 11.7. The quantitative estimate of drug-likeness (QED) is 0.796. The molecule has 3 N–H and O–H groups in total. The molecule has 3 rings (SSSR count). The van der Waals surface area contributed by atoms with E-state index in [0.29, 0.717) is 6.04 Å². The van der Waals surface area contributed by atoms with Crippen molar-refractivity contribution < 1.29 is 0 Å². The minimum Gasteiger partial charge on any atom is -0.346 e. The van der Waals surface area contributed by atoms with Crippen molar-refractivity contribution in [2.24, 2.45) is 5.73 Å². The Kier molecular flexibility index (Phi) is 2.78. The van der Waals surface area contributed by atoms with Crippen LogP contribution in [0.1, 0.15) is 18.4 Å². The molecule has 5 nitrogen and oxygen atoms in total. The zero-order valence-electron chi connectivity index (χ0n) is 9.69. The molecule has 0 unspecified atom stereocenters. The van der Waals surface area contributed by atoms with Crippen LogP contribution in [0.3, 0.4) is 0 Å². The topological polar surface area (TPSA) is 70.8 Å². The summed E-state index contributed by atoms with van der Waals surface area (Å²) in [6.07, 6.45) is 8.70. The Bertz CT molecular complexity index is 498. The van der Waals surface area contributed by atoms with E-state index in [4.69, 9.17) is 5.73 Å². The van der Waals surface area contributed by atoms with E-state index in [0.717, 1.165) is 43.5 Å². The number of H-pyrrole nitrogens is 1. The van der Waals surface area contributed by atoms with Crippen molar-refractivity contribution in [2.75, 3.05) is 13.1 Å². The van der Waals surface area contributed by atoms with Gasteiger partial charge in [0.05, 0.1) is 5.39 Å². The zero-order valence-corrected chi connectivity index (χ0v) is 9.69. The first-order valence-corrected chi connectivity index (χ1v) is 5.99. The van der Waals surface area contributed by atoms with Crippen LogP contribution < -0.4 is 5.73 Å². The van der Waals surface area contributed by atoms with E-state index in [1.807, 2.05) is 6.20 Å². The molecule has 0 bridgehead atoms. The van der Waals surface area contributed by atoms with Crippen LogP contribution >= 0.6 is 0 Å². The van der Waals surface area contributed by atoms with Crippen molar-refractivity contribution in [3.05, 3.63) is 24.3 Å². The Labute approximate surface area is 100 Å². The highest BCUT2D eigenvalue weighted by atomic mass is 15.1. The molecule has 1 radical (unpaired) electrons. The van der Waals surface area contributed by atoms with E-state index in [-0.39, 0.29) is 0 Å². The van der Waals surface area contributed by atoms with Gasteiger partial charge in [-0.05, 0) is 31.5 Å². The van der Waals surface area contributed by atoms with E-state index < -0.39 is 0 Å². The molecule has 1 aliphatic heterocycles. The Hall–Kier alpha value is -1.46. The van der Waals surface area contributed by atoms with E-state index in [1.54, 1.807) is 0 Å². The number of hydrogen-bond acceptors (Lipinski definition) is 4. The fourth-order valence-corrected chi connectivity index (χ4v) is 2.34. The predicted molar refractivity (Wildman–Crippen MR) is 65.2 cm³/mol. The molecule has 0 saturated carbocycles. The molecule has 17 heavy (non-hydrogen) atoms. The van der Waals surface area contributed by atoms with Gasteiger partial charge in [-0.3, -0.25) is 4.90 Å². The molecule has 0 amide bonds. The van der Waals surface area contributed by atoms with Crippen molar-refractivity contribution in [2.45, 2.75) is 25.4 Å². The normalized spacial score (nSPS) is 18.9. The highest BCUT2D eigenvalue weighted by Crippen LogP contribution is 2.18. The highest BCUT2D eigenvalue weighted by molar-refractivity contribution is 5.77. The number of rotatable bonds is 2. The number of aromatic nitrogens is 3. The summed E-state index contributed by atoms with van der Waals surface area (Å²) in [5, 5.41) is 1.00. The molecule has 1 fully saturated rings. The number of fused-ring (bicyclic) bond motifs is 1. The number of hydrogen-bond donors (Lipinski definition) is 2. The van der Waals surface area contributed by atoms with Gasteiger partial charge in [0.25, 0.3) is 0 Å². The van der Waals surface area contributed by atoms with Gasteiger partial charge in [-0.2, -0.15) is 0 Å². The molecule has 3 heterocycles. The molecule has 0 aromatic carbocycles. The minimum absolute atomic E-state index is 0.379. The van der Waals surface area contributed by atoms with Crippen LogP contribution in [0.4, 0.5) is 0 Å². The maximum absolute atomic E-state index is 5.90. The van der Waals surface area contributed by atoms with Crippen LogP contribution in [-0.2, 0) is 6.54 Å². The minimum atomic E-state index is 0.379. The third kappa shape index (κ3) is 2.16. The molecule has 5 heteroatoms. The van der Waals surface area contributed by atoms with Crippen molar-refractivity contribution in [1.82, 2.24) is 19.9 Å². The summed E-state index contributed by atoms with van der Waals surface area (Å²) in [4.78, 5) is 13.7. The summed E-state index contributed by atoms with van der Waals surface area (Å²) < 4.78 is 0. The van der Waals surface area contributed by atoms with Crippen LogP contribution in [0.25, 0.3) is 11.0 Å². The van der Waals surface area contributed by atoms with Crippen molar-refractivity contribution in [1.29, 1.82) is 0 Å². The molecular formula is C12H16N5. The standard InChI is InChI=1S/C12H16N5/c13-10-1-3-17(4-2-10)7-9-5-15-12-11(9)6-14-8-16-12/h5,8,10H,1-4,7,13H2,(H,14,15,16). The molecule has 2 aromatic rings. The maximum Gasteiger partial charge on any atom is 0.141 e. The molecule has 1 saturated heterocycles. The van der Waals surface area contributed by atoms with Crippen molar-refractivity contribution >= 4 is 11.0 Å². The fraction of sp³-hybridized carbons (Fsp3) is 0.500. The molecule has 0 spiro atoms. The number of nitrogens with two attached hydrogens (primary N) is 1. The first kappa shape index (κ1) is 10.7. The molecule has 89 valence electrons. The molecule has 1 aliphatic rings. The largest absolute Gasteiger partial charge is 0.346 e. The number of nitrogens with one attached hydrogen (secondary N) is 1. The van der Waals surface area contributed by atoms with Crippen LogP contribution in [0.15, 0.2) is 12.5 Å². The Morgan fingerprint density at radius 2 is 2.29 bits per heavy atom. The van der Waals surface area contributed by atoms with E-state index in [1.165, 1.54) is 11.9 Å². The summed E-state index contributed by atoms with van der Waals surface area (Å²) in [7, 11) is 0. The van der Waals surface area contributed by atoms with Crippen molar-refractivity contribution in [3.8, 4) is 0 Å². The average molecular weight is 230 g/mol. The summed E-state index contributed by atoms with van der Waals surface area (Å²) in [6.45, 7) is 3.07. The number of nitrogens with zero attached hydrogens (tertiary/aromatic N) is 3. The van der Waals surface area contributed by atoms with Crippen LogP contribution in [0.2, 0.25) is 0 Å². The Balaban J connectivity index is 1.76. The third-order valence-corrected chi connectivity index (χ3v) is 3.39. The highest BCUT2D eigenvalue weighted by Gasteiger charge is 2.17. The van der Waals surface area contributed by atoms with E-state index in [2.05, 4.69) is 26.0 Å². The summed E-state index contributed by atoms with van der Waals surface area (Å²) in [5.41, 5.74) is 7.98. The second-order valence-electron chi connectivity index (χ2n) is 4.64. The smallest absolute Gasteiger partial charge is 0.141 e. The van der Waals surface area contributed by atoms with Crippen LogP contribution in [-0.4, -0.2) is 39.0 Å². The number of piperidine rings is 1. The van der Waals surface area contributed by atoms with Gasteiger partial charge >= 0.3 is 0 Å². The van der Waals surface area contributed by atoms with Gasteiger partial charge in [-0.25, -0.2) is 9.97 Å². The third-order valence-electron chi connectivity index (χ3n) is 3.39. The molecular weight excluding hydrogens is 214 g/mol. The van der Waals surface area contributed by atoms with Gasteiger partial charge in [-0.15, -0.1) is 0 Å². The second-order valence-corrected chi connectivity index (χ2v) is 4.64. The lowest BCUT2D eigenvalue weighted by Gasteiger charge is -2.29. The van der Waals surface area contributed by atoms with Gasteiger partial charge in [-0.1, -0.05) is 0 Å². The monoisotopic (exact) mass is 230 g/mol. The average Bonchev–Trinajstić information content (AvgIpc) is 2.76. The van der Waals surface area contributed by atoms with Crippen LogP contribution in [0.5, 0.6) is 0 Å². The lowest BCUT2D eigenvalue weighted by atomic mass is 10.1. The second kappa shape index (κ2) is 4.43. The van der Waals surface area contributed by atoms with Gasteiger partial charge in [0, 0.05) is 18.8 Å². The molecule has 0 aliphatic carbocycles. The Morgan fingerprint density at radius 3 is 3.12 bits per heavy atom. The summed E-state index contributed by atoms with van der Waals surface area (Å²) in [6, 6.07) is 0.379. The van der Waals surface area contributed by atoms with Crippen LogP contribution in [0, 0.1) is 6.20 Å². The Morgan fingerprint density at radius 1 is 1.47 bits per heavy atom. The van der Waals surface area contributed by atoms with E-state index in [9.17, 15) is 0 Å². The van der Waals surface area contributed by atoms with Gasteiger partial charge in [0.1, 0.15) is 18.2 Å². The summed E-state index contributed by atoms with van der Waals surface area (Å²) in [5.74, 6) is 0. The van der Waals surface area contributed by atoms with Gasteiger partial charge < -0.3 is 10.7 Å². The lowest BCUT2D eigenvalue weighted by Crippen LogP contribution is -2.39. The SMILES string of the molecule is NC1CCN(Cc2c[nH]c3ncn[c]c23)CC1. The molecule has 2 aromatic heterocycles. The first-order valence-electron chi connectivity index (χ1n) is 5.99. The maximum atomic E-state index is 5.90. The first-order chi connectivity index (χ1) is 8.33. The summed E-state index contributed by atoms with van der Waals surface area (Å²) >= 11 is 0. The molecule has 0 atom stereocenters. The van der Waals surface area contributed by atoms with Gasteiger partial charge in [0.2, 0.25) is 0 Å². The van der Waals surface area contributed by atoms with Gasteiger partial charge in [0.15, 0.2) is 0 Å².